The Morgan fingerprint density at radius 1 is 0.806 bits per heavy atom. The minimum Gasteiger partial charge on any atom is -0.508 e. The van der Waals surface area contributed by atoms with Crippen LogP contribution in [0.5, 0.6) is 5.75 Å². The van der Waals surface area contributed by atoms with Gasteiger partial charge in [0.15, 0.2) is 0 Å². The van der Waals surface area contributed by atoms with E-state index < -0.39 is 36.0 Å². The van der Waals surface area contributed by atoms with Gasteiger partial charge in [-0.3, -0.25) is 14.4 Å². The molecule has 1 heterocycles. The number of fused-ring (bicyclic) bond motifs is 1. The van der Waals surface area contributed by atoms with Crippen molar-refractivity contribution in [2.24, 2.45) is 23.1 Å². The molecule has 0 saturated carbocycles. The summed E-state index contributed by atoms with van der Waals surface area (Å²) in [6.07, 6.45) is 2.43. The number of nitrogens with one attached hydrogen (secondary N) is 1. The monoisotopic (exact) mass is 502 g/mol. The van der Waals surface area contributed by atoms with Crippen molar-refractivity contribution in [1.82, 2.24) is 4.98 Å². The summed E-state index contributed by atoms with van der Waals surface area (Å²) in [4.78, 5) is 34.1. The van der Waals surface area contributed by atoms with E-state index in [-0.39, 0.29) is 18.1 Å². The number of hydrogen-bond acceptors (Lipinski definition) is 7. The molecule has 2 aromatic carbocycles. The summed E-state index contributed by atoms with van der Waals surface area (Å²) in [7, 11) is 0. The van der Waals surface area contributed by atoms with Crippen LogP contribution < -0.4 is 17.2 Å². The Hall–Kier alpha value is -3.93. The average molecular weight is 503 g/mol. The third kappa shape index (κ3) is 10.1. The van der Waals surface area contributed by atoms with Crippen LogP contribution in [0.3, 0.4) is 0 Å². The summed E-state index contributed by atoms with van der Waals surface area (Å²) >= 11 is 0. The van der Waals surface area contributed by atoms with Gasteiger partial charge in [-0.15, -0.1) is 0 Å². The summed E-state index contributed by atoms with van der Waals surface area (Å²) in [5, 5.41) is 35.5. The van der Waals surface area contributed by atoms with Gasteiger partial charge in [-0.1, -0.05) is 44.2 Å². The van der Waals surface area contributed by atoms with Crippen molar-refractivity contribution in [3.63, 3.8) is 0 Å². The lowest BCUT2D eigenvalue weighted by atomic mass is 10.1. The number of hydrogen-bond donors (Lipinski definition) is 8. The fraction of sp³-hybridized carbons (Fsp3) is 0.320. The SMILES string of the molecule is CC(C)C(N)C(=O)O.NC(Cc1c[nH]c2ccccc12)C(=O)O.NC(Cc1ccc(O)cc1)C(=O)O. The summed E-state index contributed by atoms with van der Waals surface area (Å²) in [6.45, 7) is 3.55. The maximum Gasteiger partial charge on any atom is 0.320 e. The van der Waals surface area contributed by atoms with Gasteiger partial charge in [0.25, 0.3) is 0 Å². The molecular weight excluding hydrogens is 468 g/mol. The zero-order valence-corrected chi connectivity index (χ0v) is 20.2. The highest BCUT2D eigenvalue weighted by Gasteiger charge is 2.15. The number of aromatic nitrogens is 1. The molecule has 196 valence electrons. The summed E-state index contributed by atoms with van der Waals surface area (Å²) < 4.78 is 0. The number of aliphatic carboxylic acids is 3. The molecule has 3 atom stereocenters. The zero-order chi connectivity index (χ0) is 27.4. The van der Waals surface area contributed by atoms with Crippen molar-refractivity contribution >= 4 is 28.8 Å². The number of phenols is 1. The summed E-state index contributed by atoms with van der Waals surface area (Å²) in [5.41, 5.74) is 18.7. The molecular formula is C25H34N4O7. The molecule has 3 rings (SSSR count). The van der Waals surface area contributed by atoms with Crippen molar-refractivity contribution in [2.75, 3.05) is 0 Å². The van der Waals surface area contributed by atoms with Crippen molar-refractivity contribution in [2.45, 2.75) is 44.8 Å². The Morgan fingerprint density at radius 2 is 1.33 bits per heavy atom. The summed E-state index contributed by atoms with van der Waals surface area (Å²) in [5.74, 6) is -2.74. The number of para-hydroxylation sites is 1. The first-order valence-corrected chi connectivity index (χ1v) is 11.1. The second kappa shape index (κ2) is 14.5. The smallest absolute Gasteiger partial charge is 0.320 e. The molecule has 11 heteroatoms. The topological polar surface area (TPSA) is 226 Å². The molecule has 0 fully saturated rings. The predicted octanol–water partition coefficient (Wildman–Crippen LogP) is 1.52. The number of benzene rings is 2. The van der Waals surface area contributed by atoms with Gasteiger partial charge in [-0.25, -0.2) is 0 Å². The lowest BCUT2D eigenvalue weighted by Crippen LogP contribution is -2.34. The van der Waals surface area contributed by atoms with Crippen molar-refractivity contribution in [3.8, 4) is 5.75 Å². The van der Waals surface area contributed by atoms with Gasteiger partial charge >= 0.3 is 17.9 Å². The molecule has 0 aliphatic carbocycles. The van der Waals surface area contributed by atoms with Gasteiger partial charge in [0.05, 0.1) is 0 Å². The molecule has 0 amide bonds. The van der Waals surface area contributed by atoms with Crippen LogP contribution in [0.2, 0.25) is 0 Å². The molecule has 3 aromatic rings. The Kier molecular flexibility index (Phi) is 12.1. The number of carboxylic acid groups (broad SMARTS) is 3. The first-order chi connectivity index (χ1) is 16.8. The Bertz CT molecular complexity index is 1130. The van der Waals surface area contributed by atoms with Crippen LogP contribution >= 0.6 is 0 Å². The number of aromatic hydroxyl groups is 1. The maximum absolute atomic E-state index is 10.6. The van der Waals surface area contributed by atoms with Crippen LogP contribution in [0.4, 0.5) is 0 Å². The van der Waals surface area contributed by atoms with Crippen molar-refractivity contribution in [1.29, 1.82) is 0 Å². The van der Waals surface area contributed by atoms with Gasteiger partial charge in [-0.2, -0.15) is 0 Å². The van der Waals surface area contributed by atoms with E-state index in [1.165, 1.54) is 12.1 Å². The third-order valence-electron chi connectivity index (χ3n) is 5.14. The number of phenolic OH excluding ortho intramolecular Hbond substituents is 1. The van der Waals surface area contributed by atoms with Crippen LogP contribution in [0.1, 0.15) is 25.0 Å². The fourth-order valence-electron chi connectivity index (χ4n) is 2.88. The number of nitrogens with two attached hydrogens (primary N) is 3. The van der Waals surface area contributed by atoms with Crippen LogP contribution in [0, 0.1) is 5.92 Å². The summed E-state index contributed by atoms with van der Waals surface area (Å²) in [6, 6.07) is 11.6. The third-order valence-corrected chi connectivity index (χ3v) is 5.14. The normalized spacial score (nSPS) is 12.9. The largest absolute Gasteiger partial charge is 0.508 e. The van der Waals surface area contributed by atoms with Crippen LogP contribution in [0.25, 0.3) is 10.9 Å². The van der Waals surface area contributed by atoms with Crippen molar-refractivity contribution < 1.29 is 34.8 Å². The highest BCUT2D eigenvalue weighted by molar-refractivity contribution is 5.84. The van der Waals surface area contributed by atoms with Crippen LogP contribution in [0.15, 0.2) is 54.7 Å². The molecule has 0 spiro atoms. The number of carbonyl (C=O) groups is 3. The van der Waals surface area contributed by atoms with Gasteiger partial charge in [-0.05, 0) is 41.7 Å². The van der Waals surface area contributed by atoms with E-state index in [1.54, 1.807) is 26.0 Å². The quantitative estimate of drug-likeness (QED) is 0.221. The zero-order valence-electron chi connectivity index (χ0n) is 20.2. The second-order valence-electron chi connectivity index (χ2n) is 8.43. The molecule has 0 aliphatic rings. The molecule has 1 aromatic heterocycles. The van der Waals surface area contributed by atoms with Crippen molar-refractivity contribution in [3.05, 3.63) is 65.9 Å². The highest BCUT2D eigenvalue weighted by Crippen LogP contribution is 2.18. The minimum atomic E-state index is -1.02. The molecule has 0 radical (unpaired) electrons. The highest BCUT2D eigenvalue weighted by atomic mass is 16.4. The lowest BCUT2D eigenvalue weighted by molar-refractivity contribution is -0.140. The molecule has 11 N–H and O–H groups in total. The van der Waals surface area contributed by atoms with E-state index in [1.807, 2.05) is 30.5 Å². The van der Waals surface area contributed by atoms with Gasteiger partial charge < -0.3 is 42.6 Å². The van der Waals surface area contributed by atoms with Gasteiger partial charge in [0, 0.05) is 23.5 Å². The molecule has 36 heavy (non-hydrogen) atoms. The van der Waals surface area contributed by atoms with Gasteiger partial charge in [0.1, 0.15) is 23.9 Å². The Morgan fingerprint density at radius 3 is 1.81 bits per heavy atom. The Balaban J connectivity index is 0.000000284. The first-order valence-electron chi connectivity index (χ1n) is 11.1. The number of rotatable bonds is 8. The molecule has 0 aliphatic heterocycles. The predicted molar refractivity (Wildman–Crippen MR) is 135 cm³/mol. The number of aromatic amines is 1. The standard InChI is InChI=1S/C11H12N2O2.C9H11NO3.C5H11NO2/c12-9(11(14)15)5-7-6-13-10-4-2-1-3-8(7)10;10-8(9(12)13)5-6-1-3-7(11)4-2-6;1-3(2)4(6)5(7)8/h1-4,6,9,13H,5,12H2,(H,14,15);1-4,8,11H,5,10H2,(H,12,13);3-4H,6H2,1-2H3,(H,7,8). The van der Waals surface area contributed by atoms with E-state index in [9.17, 15) is 14.4 Å². The Labute approximate surface area is 208 Å². The first kappa shape index (κ1) is 30.1. The number of carboxylic acids is 3. The van der Waals surface area contributed by atoms with E-state index in [0.717, 1.165) is 22.0 Å². The van der Waals surface area contributed by atoms with E-state index in [0.29, 0.717) is 6.42 Å². The second-order valence-corrected chi connectivity index (χ2v) is 8.43. The fourth-order valence-corrected chi connectivity index (χ4v) is 2.88. The molecule has 3 unspecified atom stereocenters. The minimum absolute atomic E-state index is 0.0208. The van der Waals surface area contributed by atoms with E-state index in [4.69, 9.17) is 37.6 Å². The number of H-pyrrole nitrogens is 1. The average Bonchev–Trinajstić information content (AvgIpc) is 3.23. The maximum atomic E-state index is 10.6. The van der Waals surface area contributed by atoms with Crippen LogP contribution in [-0.2, 0) is 27.2 Å². The van der Waals surface area contributed by atoms with Gasteiger partial charge in [0.2, 0.25) is 0 Å². The molecule has 0 bridgehead atoms. The molecule has 11 nitrogen and oxygen atoms in total. The van der Waals surface area contributed by atoms with E-state index in [2.05, 4.69) is 4.98 Å². The van der Waals surface area contributed by atoms with Crippen LogP contribution in [-0.4, -0.2) is 61.4 Å². The lowest BCUT2D eigenvalue weighted by Gasteiger charge is -2.07. The molecule has 0 saturated heterocycles. The van der Waals surface area contributed by atoms with E-state index >= 15 is 0 Å².